The van der Waals surface area contributed by atoms with Crippen LogP contribution in [-0.2, 0) is 32.0 Å². The molecule has 4 aromatic rings. The molecule has 3 aliphatic carbocycles. The van der Waals surface area contributed by atoms with Crippen LogP contribution in [0.25, 0.3) is 11.1 Å². The van der Waals surface area contributed by atoms with Crippen molar-refractivity contribution in [3.8, 4) is 23.0 Å². The minimum Gasteiger partial charge on any atom is -0.493 e. The van der Waals surface area contributed by atoms with E-state index in [0.29, 0.717) is 42.3 Å². The van der Waals surface area contributed by atoms with Crippen molar-refractivity contribution in [3.63, 3.8) is 0 Å². The Hall–Kier alpha value is -5.90. The highest BCUT2D eigenvalue weighted by atomic mass is 16.5. The molecule has 2 heterocycles. The second-order valence-electron chi connectivity index (χ2n) is 15.0. The van der Waals surface area contributed by atoms with E-state index in [1.54, 1.807) is 28.4 Å². The lowest BCUT2D eigenvalue weighted by Gasteiger charge is -2.59. The van der Waals surface area contributed by atoms with Crippen molar-refractivity contribution in [1.29, 1.82) is 0 Å². The smallest absolute Gasteiger partial charge is 0.234 e. The van der Waals surface area contributed by atoms with Crippen molar-refractivity contribution in [1.82, 2.24) is 9.80 Å². The van der Waals surface area contributed by atoms with Crippen LogP contribution in [0.3, 0.4) is 0 Å². The van der Waals surface area contributed by atoms with Gasteiger partial charge in [-0.05, 0) is 76.9 Å². The fourth-order valence-corrected chi connectivity index (χ4v) is 10.4. The number of hydrogen-bond acceptors (Lipinski definition) is 8. The van der Waals surface area contributed by atoms with Crippen LogP contribution in [0.5, 0.6) is 23.0 Å². The van der Waals surface area contributed by atoms with E-state index in [9.17, 15) is 9.59 Å². The van der Waals surface area contributed by atoms with E-state index in [2.05, 4.69) is 0 Å². The zero-order valence-corrected chi connectivity index (χ0v) is 32.3. The predicted octanol–water partition coefficient (Wildman–Crippen LogP) is 6.36. The van der Waals surface area contributed by atoms with Crippen LogP contribution in [0.4, 0.5) is 0 Å². The molecule has 2 saturated heterocycles. The van der Waals surface area contributed by atoms with Crippen molar-refractivity contribution in [2.75, 3.05) is 41.5 Å². The van der Waals surface area contributed by atoms with Gasteiger partial charge in [-0.25, -0.2) is 0 Å². The van der Waals surface area contributed by atoms with Crippen molar-refractivity contribution >= 4 is 34.8 Å². The summed E-state index contributed by atoms with van der Waals surface area (Å²) < 4.78 is 21.9. The molecule has 56 heavy (non-hydrogen) atoms. The van der Waals surface area contributed by atoms with Gasteiger partial charge in [-0.3, -0.25) is 29.0 Å². The quantitative estimate of drug-likeness (QED) is 0.145. The zero-order chi connectivity index (χ0) is 39.3. The number of likely N-dealkylation sites (tertiary alicyclic amines) is 2. The third-order valence-electron chi connectivity index (χ3n) is 12.7. The van der Waals surface area contributed by atoms with E-state index >= 15 is 9.59 Å². The van der Waals surface area contributed by atoms with Gasteiger partial charge in [0.25, 0.3) is 0 Å². The number of ether oxygens (including phenoxy) is 4. The van der Waals surface area contributed by atoms with Crippen LogP contribution >= 0.6 is 0 Å². The van der Waals surface area contributed by atoms with Crippen molar-refractivity contribution in [2.45, 2.75) is 26.2 Å². The third-order valence-corrected chi connectivity index (χ3v) is 12.7. The summed E-state index contributed by atoms with van der Waals surface area (Å²) in [7, 11) is 6.28. The van der Waals surface area contributed by atoms with Crippen LogP contribution in [0.15, 0.2) is 97.1 Å². The molecule has 4 atom stereocenters. The maximum Gasteiger partial charge on any atom is 0.234 e. The third kappa shape index (κ3) is 5.51. The molecule has 4 aromatic carbocycles. The monoisotopic (exact) mass is 754 g/mol. The minimum absolute atomic E-state index is 0.155. The largest absolute Gasteiger partial charge is 0.493 e. The average molecular weight is 755 g/mol. The Bertz CT molecular complexity index is 2130. The lowest BCUT2D eigenvalue weighted by Crippen LogP contribution is -2.60. The van der Waals surface area contributed by atoms with Gasteiger partial charge in [0.2, 0.25) is 23.6 Å². The highest BCUT2D eigenvalue weighted by molar-refractivity contribution is 6.17. The summed E-state index contributed by atoms with van der Waals surface area (Å²) in [6.45, 7) is 2.31. The fourth-order valence-electron chi connectivity index (χ4n) is 10.4. The SMILES string of the molecule is CCC12C(c3ccccc3)=C(c3ccccc3)C(C3C(=O)N(CCc4ccc(OC)c(OC)c4)C(=O)C31)C1C(=O)N(CCc3ccc(OC)c(OC)c3)C(=O)C12. The van der Waals surface area contributed by atoms with E-state index in [0.717, 1.165) is 33.4 Å². The number of hydrogen-bond donors (Lipinski definition) is 0. The Morgan fingerprint density at radius 2 is 0.946 bits per heavy atom. The minimum atomic E-state index is -1.13. The molecule has 4 amide bonds. The Morgan fingerprint density at radius 1 is 0.518 bits per heavy atom. The summed E-state index contributed by atoms with van der Waals surface area (Å²) in [6.07, 6.45) is 1.19. The molecule has 10 nitrogen and oxygen atoms in total. The maximum atomic E-state index is 15.1. The molecule has 5 aliphatic rings. The van der Waals surface area contributed by atoms with Crippen LogP contribution in [0, 0.1) is 35.0 Å². The van der Waals surface area contributed by atoms with Gasteiger partial charge in [0.1, 0.15) is 0 Å². The second-order valence-corrected chi connectivity index (χ2v) is 15.0. The number of benzene rings is 4. The first-order valence-corrected chi connectivity index (χ1v) is 19.2. The summed E-state index contributed by atoms with van der Waals surface area (Å²) in [4.78, 5) is 62.8. The molecule has 0 aromatic heterocycles. The first-order valence-electron chi connectivity index (χ1n) is 19.2. The van der Waals surface area contributed by atoms with E-state index in [1.807, 2.05) is 104 Å². The average Bonchev–Trinajstić information content (AvgIpc) is 3.66. The topological polar surface area (TPSA) is 112 Å². The molecule has 0 spiro atoms. The van der Waals surface area contributed by atoms with Crippen LogP contribution in [0.2, 0.25) is 0 Å². The normalized spacial score (nSPS) is 25.1. The highest BCUT2D eigenvalue weighted by Crippen LogP contribution is 2.73. The first-order chi connectivity index (χ1) is 27.2. The molecule has 3 fully saturated rings. The van der Waals surface area contributed by atoms with Gasteiger partial charge in [-0.1, -0.05) is 79.7 Å². The predicted molar refractivity (Wildman–Crippen MR) is 210 cm³/mol. The van der Waals surface area contributed by atoms with Crippen molar-refractivity contribution in [2.24, 2.45) is 35.0 Å². The number of methoxy groups -OCH3 is 4. The molecule has 288 valence electrons. The first kappa shape index (κ1) is 37.0. The van der Waals surface area contributed by atoms with Gasteiger partial charge >= 0.3 is 0 Å². The van der Waals surface area contributed by atoms with Gasteiger partial charge in [0.15, 0.2) is 23.0 Å². The van der Waals surface area contributed by atoms with E-state index in [-0.39, 0.29) is 36.7 Å². The number of carbonyl (C=O) groups excluding carboxylic acids is 4. The van der Waals surface area contributed by atoms with Gasteiger partial charge in [0, 0.05) is 24.4 Å². The molecular formula is C46H46N2O8. The van der Waals surface area contributed by atoms with Gasteiger partial charge in [-0.15, -0.1) is 0 Å². The Balaban J connectivity index is 1.24. The molecule has 0 radical (unpaired) electrons. The molecular weight excluding hydrogens is 709 g/mol. The molecule has 9 rings (SSSR count). The summed E-state index contributed by atoms with van der Waals surface area (Å²) in [6, 6.07) is 30.9. The fraction of sp³-hybridized carbons (Fsp3) is 0.348. The molecule has 0 N–H and O–H groups in total. The van der Waals surface area contributed by atoms with Gasteiger partial charge in [0.05, 0.1) is 52.1 Å². The number of nitrogens with zero attached hydrogens (tertiary/aromatic N) is 2. The maximum absolute atomic E-state index is 15.1. The van der Waals surface area contributed by atoms with Crippen LogP contribution in [-0.4, -0.2) is 75.0 Å². The molecule has 10 heteroatoms. The Kier molecular flexibility index (Phi) is 9.68. The highest BCUT2D eigenvalue weighted by Gasteiger charge is 2.77. The Labute approximate surface area is 327 Å². The summed E-state index contributed by atoms with van der Waals surface area (Å²) in [5.41, 5.74) is 4.18. The van der Waals surface area contributed by atoms with Crippen LogP contribution in [0.1, 0.15) is 35.6 Å². The standard InChI is InChI=1S/C46H46N2O8/c1-6-46-39(30-15-11-8-12-16-30)35(29-13-9-7-10-14-29)36(37-40(46)44(51)47(42(37)49)23-21-27-17-19-31(53-2)33(25-27)55-4)38-41(46)45(52)48(43(38)50)24-22-28-18-20-32(54-3)34(26-28)56-5/h7-20,25-26,36-38,40-41H,6,21-24H2,1-5H3. The lowest BCUT2D eigenvalue weighted by atomic mass is 9.40. The summed E-state index contributed by atoms with van der Waals surface area (Å²) >= 11 is 0. The van der Waals surface area contributed by atoms with E-state index in [4.69, 9.17) is 18.9 Å². The Morgan fingerprint density at radius 3 is 1.36 bits per heavy atom. The van der Waals surface area contributed by atoms with Gasteiger partial charge < -0.3 is 18.9 Å². The number of allylic oxidation sites excluding steroid dienone is 2. The van der Waals surface area contributed by atoms with E-state index < -0.39 is 35.0 Å². The lowest BCUT2D eigenvalue weighted by molar-refractivity contribution is -0.145. The zero-order valence-electron chi connectivity index (χ0n) is 32.3. The molecule has 1 saturated carbocycles. The number of rotatable bonds is 13. The van der Waals surface area contributed by atoms with E-state index in [1.165, 1.54) is 9.80 Å². The molecule has 2 aliphatic heterocycles. The molecule has 4 unspecified atom stereocenters. The number of imide groups is 2. The van der Waals surface area contributed by atoms with Crippen LogP contribution < -0.4 is 18.9 Å². The second kappa shape index (κ2) is 14.6. The summed E-state index contributed by atoms with van der Waals surface area (Å²) in [5, 5.41) is 0. The number of amides is 4. The number of carbonyl (C=O) groups is 4. The summed E-state index contributed by atoms with van der Waals surface area (Å²) in [5.74, 6) is -2.78. The van der Waals surface area contributed by atoms with Crippen molar-refractivity contribution in [3.05, 3.63) is 119 Å². The van der Waals surface area contributed by atoms with Crippen molar-refractivity contribution < 1.29 is 38.1 Å². The molecule has 2 bridgehead atoms. The van der Waals surface area contributed by atoms with Gasteiger partial charge in [-0.2, -0.15) is 0 Å².